The van der Waals surface area contributed by atoms with E-state index in [1.165, 1.54) is 17.7 Å². The second-order valence-corrected chi connectivity index (χ2v) is 7.41. The molecule has 3 aromatic rings. The molecule has 2 aromatic carbocycles. The highest BCUT2D eigenvalue weighted by Crippen LogP contribution is 2.18. The van der Waals surface area contributed by atoms with Crippen LogP contribution >= 0.6 is 0 Å². The van der Waals surface area contributed by atoms with E-state index in [2.05, 4.69) is 39.0 Å². The third kappa shape index (κ3) is 4.82. The Balaban J connectivity index is 1.33. The van der Waals surface area contributed by atoms with Gasteiger partial charge in [-0.15, -0.1) is 0 Å². The monoisotopic (exact) mass is 380 g/mol. The van der Waals surface area contributed by atoms with Gasteiger partial charge in [0.25, 0.3) is 0 Å². The number of halogens is 1. The van der Waals surface area contributed by atoms with Gasteiger partial charge in [-0.1, -0.05) is 41.1 Å². The van der Waals surface area contributed by atoms with Gasteiger partial charge in [0.15, 0.2) is 0 Å². The largest absolute Gasteiger partial charge is 0.338 e. The normalized spacial score (nSPS) is 16.2. The molecule has 0 N–H and O–H groups in total. The van der Waals surface area contributed by atoms with Crippen molar-refractivity contribution in [2.75, 3.05) is 26.2 Å². The Kier molecular flexibility index (Phi) is 5.78. The summed E-state index contributed by atoms with van der Waals surface area (Å²) in [5.74, 6) is 1.12. The molecule has 2 heterocycles. The van der Waals surface area contributed by atoms with Crippen LogP contribution in [0.1, 0.15) is 23.4 Å². The molecule has 0 unspecified atom stereocenters. The Morgan fingerprint density at radius 1 is 0.964 bits per heavy atom. The molecule has 0 radical (unpaired) electrons. The van der Waals surface area contributed by atoms with Crippen LogP contribution in [0.3, 0.4) is 0 Å². The van der Waals surface area contributed by atoms with Gasteiger partial charge in [-0.2, -0.15) is 4.98 Å². The lowest BCUT2D eigenvalue weighted by molar-refractivity contribution is 0.222. The maximum absolute atomic E-state index is 13.1. The van der Waals surface area contributed by atoms with Crippen LogP contribution in [0.15, 0.2) is 53.1 Å². The quantitative estimate of drug-likeness (QED) is 0.672. The molecule has 0 bridgehead atoms. The minimum Gasteiger partial charge on any atom is -0.338 e. The van der Waals surface area contributed by atoms with Crippen molar-refractivity contribution in [1.29, 1.82) is 0 Å². The first kappa shape index (κ1) is 18.8. The average molecular weight is 380 g/mol. The van der Waals surface area contributed by atoms with Gasteiger partial charge in [0.1, 0.15) is 5.82 Å². The number of aromatic nitrogens is 2. The second-order valence-electron chi connectivity index (χ2n) is 7.41. The summed E-state index contributed by atoms with van der Waals surface area (Å²) < 4.78 is 18.6. The lowest BCUT2D eigenvalue weighted by atomic mass is 10.1. The summed E-state index contributed by atoms with van der Waals surface area (Å²) >= 11 is 0. The summed E-state index contributed by atoms with van der Waals surface area (Å²) in [6, 6.07) is 14.9. The van der Waals surface area contributed by atoms with Crippen molar-refractivity contribution in [3.8, 4) is 11.4 Å². The molecule has 0 saturated carbocycles. The van der Waals surface area contributed by atoms with Crippen LogP contribution in [0.2, 0.25) is 0 Å². The second kappa shape index (κ2) is 8.63. The predicted molar refractivity (Wildman–Crippen MR) is 106 cm³/mol. The smallest absolute Gasteiger partial charge is 0.241 e. The van der Waals surface area contributed by atoms with E-state index >= 15 is 0 Å². The van der Waals surface area contributed by atoms with Crippen molar-refractivity contribution >= 4 is 0 Å². The highest BCUT2D eigenvalue weighted by Gasteiger charge is 2.18. The zero-order chi connectivity index (χ0) is 19.3. The van der Waals surface area contributed by atoms with E-state index in [0.29, 0.717) is 18.3 Å². The van der Waals surface area contributed by atoms with Gasteiger partial charge < -0.3 is 4.52 Å². The first-order valence-electron chi connectivity index (χ1n) is 9.74. The fourth-order valence-corrected chi connectivity index (χ4v) is 3.60. The number of nitrogens with zero attached hydrogens (tertiary/aromatic N) is 4. The Morgan fingerprint density at radius 3 is 2.46 bits per heavy atom. The van der Waals surface area contributed by atoms with Crippen LogP contribution < -0.4 is 0 Å². The molecule has 1 aliphatic rings. The lowest BCUT2D eigenvalue weighted by Crippen LogP contribution is -2.30. The van der Waals surface area contributed by atoms with Crippen LogP contribution in [0, 0.1) is 12.7 Å². The van der Waals surface area contributed by atoms with Gasteiger partial charge >= 0.3 is 0 Å². The van der Waals surface area contributed by atoms with Gasteiger partial charge in [0, 0.05) is 25.2 Å². The first-order chi connectivity index (χ1) is 13.7. The van der Waals surface area contributed by atoms with Crippen LogP contribution in [0.5, 0.6) is 0 Å². The van der Waals surface area contributed by atoms with E-state index in [9.17, 15) is 4.39 Å². The van der Waals surface area contributed by atoms with E-state index in [1.54, 1.807) is 0 Å². The highest BCUT2D eigenvalue weighted by molar-refractivity contribution is 5.55. The Hall–Kier alpha value is -2.57. The van der Waals surface area contributed by atoms with E-state index in [1.807, 2.05) is 24.3 Å². The van der Waals surface area contributed by atoms with Crippen LogP contribution in [0.4, 0.5) is 4.39 Å². The molecule has 0 spiro atoms. The molecule has 1 saturated heterocycles. The Morgan fingerprint density at radius 2 is 1.71 bits per heavy atom. The van der Waals surface area contributed by atoms with Crippen molar-refractivity contribution in [2.45, 2.75) is 26.4 Å². The summed E-state index contributed by atoms with van der Waals surface area (Å²) in [4.78, 5) is 9.35. The zero-order valence-electron chi connectivity index (χ0n) is 16.1. The summed E-state index contributed by atoms with van der Waals surface area (Å²) in [6.07, 6.45) is 1.08. The molecular weight excluding hydrogens is 355 g/mol. The molecule has 4 rings (SSSR count). The molecule has 146 valence electrons. The molecule has 5 nitrogen and oxygen atoms in total. The van der Waals surface area contributed by atoms with E-state index in [-0.39, 0.29) is 5.82 Å². The highest BCUT2D eigenvalue weighted by atomic mass is 19.1. The molecule has 1 fully saturated rings. The van der Waals surface area contributed by atoms with Crippen molar-refractivity contribution in [2.24, 2.45) is 0 Å². The van der Waals surface area contributed by atoms with E-state index in [4.69, 9.17) is 4.52 Å². The van der Waals surface area contributed by atoms with E-state index < -0.39 is 0 Å². The SMILES string of the molecule is Cc1cccc(-c2noc(CN3CCCN(Cc4ccc(F)cc4)CC3)n2)c1. The molecule has 1 aliphatic heterocycles. The predicted octanol–water partition coefficient (Wildman–Crippen LogP) is 3.89. The van der Waals surface area contributed by atoms with Crippen molar-refractivity contribution in [3.63, 3.8) is 0 Å². The third-order valence-corrected chi connectivity index (χ3v) is 5.10. The van der Waals surface area contributed by atoms with Gasteiger partial charge in [0.2, 0.25) is 11.7 Å². The Bertz CT molecular complexity index is 909. The molecule has 0 amide bonds. The third-order valence-electron chi connectivity index (χ3n) is 5.10. The lowest BCUT2D eigenvalue weighted by Gasteiger charge is -2.20. The zero-order valence-corrected chi connectivity index (χ0v) is 16.1. The van der Waals surface area contributed by atoms with Gasteiger partial charge in [-0.25, -0.2) is 4.39 Å². The maximum atomic E-state index is 13.1. The van der Waals surface area contributed by atoms with Gasteiger partial charge in [-0.05, 0) is 50.2 Å². The summed E-state index contributed by atoms with van der Waals surface area (Å²) in [7, 11) is 0. The standard InChI is InChI=1S/C22H25FN4O/c1-17-4-2-5-19(14-17)22-24-21(28-25-22)16-27-11-3-10-26(12-13-27)15-18-6-8-20(23)9-7-18/h2,4-9,14H,3,10-13,15-16H2,1H3. The number of hydrogen-bond acceptors (Lipinski definition) is 5. The van der Waals surface area contributed by atoms with Crippen LogP contribution in [-0.2, 0) is 13.1 Å². The first-order valence-corrected chi connectivity index (χ1v) is 9.74. The fraction of sp³-hybridized carbons (Fsp3) is 0.364. The van der Waals surface area contributed by atoms with E-state index in [0.717, 1.165) is 50.3 Å². The number of aryl methyl sites for hydroxylation is 1. The molecule has 0 atom stereocenters. The van der Waals surface area contributed by atoms with Gasteiger partial charge in [0.05, 0.1) is 6.54 Å². The fourth-order valence-electron chi connectivity index (χ4n) is 3.60. The summed E-state index contributed by atoms with van der Waals surface area (Å²) in [5.41, 5.74) is 3.31. The van der Waals surface area contributed by atoms with Crippen molar-refractivity contribution < 1.29 is 8.91 Å². The Labute approximate surface area is 164 Å². The molecule has 1 aromatic heterocycles. The van der Waals surface area contributed by atoms with Crippen LogP contribution in [0.25, 0.3) is 11.4 Å². The van der Waals surface area contributed by atoms with Crippen molar-refractivity contribution in [1.82, 2.24) is 19.9 Å². The number of rotatable bonds is 5. The maximum Gasteiger partial charge on any atom is 0.241 e. The topological polar surface area (TPSA) is 45.4 Å². The molecule has 6 heteroatoms. The molecule has 28 heavy (non-hydrogen) atoms. The summed E-state index contributed by atoms with van der Waals surface area (Å²) in [5, 5.41) is 4.14. The number of hydrogen-bond donors (Lipinski definition) is 0. The minimum atomic E-state index is -0.185. The van der Waals surface area contributed by atoms with Crippen molar-refractivity contribution in [3.05, 3.63) is 71.4 Å². The molecular formula is C22H25FN4O. The van der Waals surface area contributed by atoms with Crippen LogP contribution in [-0.4, -0.2) is 46.1 Å². The summed E-state index contributed by atoms with van der Waals surface area (Å²) in [6.45, 7) is 7.53. The molecule has 0 aliphatic carbocycles. The number of benzene rings is 2. The van der Waals surface area contributed by atoms with Gasteiger partial charge in [-0.3, -0.25) is 9.80 Å². The minimum absolute atomic E-state index is 0.185. The average Bonchev–Trinajstić information content (AvgIpc) is 3.05.